The molecule has 6 rings (SSSR count). The Morgan fingerprint density at radius 1 is 0.362 bits per heavy atom. The van der Waals surface area contributed by atoms with Gasteiger partial charge in [-0.1, -0.05) is 176 Å². The smallest absolute Gasteiger partial charge is 0.0702 e. The summed E-state index contributed by atoms with van der Waals surface area (Å²) in [5, 5.41) is 0. The number of rotatable bonds is 6. The van der Waals surface area contributed by atoms with Gasteiger partial charge in [-0.05, 0) is 64.6 Å². The summed E-state index contributed by atoms with van der Waals surface area (Å²) in [6.45, 7) is 15.3. The van der Waals surface area contributed by atoms with Crippen LogP contribution in [0.4, 0.5) is 0 Å². The van der Waals surface area contributed by atoms with Crippen molar-refractivity contribution in [2.75, 3.05) is 0 Å². The third-order valence-corrected chi connectivity index (χ3v) is 8.01. The van der Waals surface area contributed by atoms with Gasteiger partial charge in [-0.15, -0.1) is 0 Å². The molecule has 242 valence electrons. The van der Waals surface area contributed by atoms with E-state index in [0.29, 0.717) is 17.8 Å². The van der Waals surface area contributed by atoms with Crippen LogP contribution in [-0.2, 0) is 0 Å². The van der Waals surface area contributed by atoms with E-state index < -0.39 is 0 Å². The zero-order valence-electron chi connectivity index (χ0n) is 28.5. The van der Waals surface area contributed by atoms with E-state index in [2.05, 4.69) is 168 Å². The Balaban J connectivity index is 0.000000190. The average Bonchev–Trinajstić information content (AvgIpc) is 3.10. The van der Waals surface area contributed by atoms with Gasteiger partial charge in [-0.3, -0.25) is 9.97 Å². The highest BCUT2D eigenvalue weighted by atomic mass is 14.7. The summed E-state index contributed by atoms with van der Waals surface area (Å²) in [6, 6.07) is 46.5. The normalized spacial score (nSPS) is 10.4. The molecule has 0 saturated carbocycles. The van der Waals surface area contributed by atoms with Gasteiger partial charge in [-0.25, -0.2) is 0 Å². The van der Waals surface area contributed by atoms with Gasteiger partial charge in [0.15, 0.2) is 0 Å². The molecule has 0 bridgehead atoms. The van der Waals surface area contributed by atoms with Crippen LogP contribution in [-0.4, -0.2) is 9.97 Å². The van der Waals surface area contributed by atoms with Crippen molar-refractivity contribution >= 4 is 0 Å². The van der Waals surface area contributed by atoms with Crippen molar-refractivity contribution in [1.82, 2.24) is 9.97 Å². The minimum Gasteiger partial charge on any atom is -0.256 e. The van der Waals surface area contributed by atoms with Crippen LogP contribution in [0.25, 0.3) is 33.6 Å². The Morgan fingerprint density at radius 2 is 0.702 bits per heavy atom. The summed E-state index contributed by atoms with van der Waals surface area (Å²) in [7, 11) is 0. The van der Waals surface area contributed by atoms with Gasteiger partial charge < -0.3 is 0 Å². The highest BCUT2D eigenvalue weighted by molar-refractivity contribution is 5.63. The van der Waals surface area contributed by atoms with Crippen molar-refractivity contribution < 1.29 is 0 Å². The maximum Gasteiger partial charge on any atom is 0.0702 e. The summed E-state index contributed by atoms with van der Waals surface area (Å²) >= 11 is 0. The Kier molecular flexibility index (Phi) is 14.3. The number of nitrogens with zero attached hydrogens (tertiary/aromatic N) is 2. The molecule has 0 spiro atoms. The topological polar surface area (TPSA) is 25.8 Å². The largest absolute Gasteiger partial charge is 0.256 e. The maximum atomic E-state index is 4.50. The molecule has 0 aliphatic carbocycles. The van der Waals surface area contributed by atoms with E-state index in [1.165, 1.54) is 44.5 Å². The molecule has 2 heterocycles. The van der Waals surface area contributed by atoms with Crippen LogP contribution in [0.15, 0.2) is 146 Å². The van der Waals surface area contributed by atoms with Crippen LogP contribution in [0.5, 0.6) is 0 Å². The van der Waals surface area contributed by atoms with E-state index in [1.807, 2.05) is 36.7 Å². The van der Waals surface area contributed by atoms with Crippen LogP contribution in [0.3, 0.4) is 0 Å². The van der Waals surface area contributed by atoms with Gasteiger partial charge in [0.25, 0.3) is 0 Å². The number of pyridine rings is 2. The lowest BCUT2D eigenvalue weighted by Gasteiger charge is -2.06. The van der Waals surface area contributed by atoms with E-state index in [1.54, 1.807) is 0 Å². The molecular formula is C45H52N2. The molecule has 0 N–H and O–H groups in total. The van der Waals surface area contributed by atoms with E-state index >= 15 is 0 Å². The number of benzene rings is 4. The minimum atomic E-state index is 0. The van der Waals surface area contributed by atoms with Gasteiger partial charge >= 0.3 is 0 Å². The fourth-order valence-corrected chi connectivity index (χ4v) is 4.86. The zero-order chi connectivity index (χ0) is 32.9. The van der Waals surface area contributed by atoms with E-state index in [9.17, 15) is 0 Å². The van der Waals surface area contributed by atoms with Crippen LogP contribution in [0, 0.1) is 6.92 Å². The minimum absolute atomic E-state index is 0. The molecular weight excluding hydrogens is 569 g/mol. The number of aromatic nitrogens is 2. The Morgan fingerprint density at radius 3 is 1.09 bits per heavy atom. The first-order valence-corrected chi connectivity index (χ1v) is 16.4. The lowest BCUT2D eigenvalue weighted by atomic mass is 9.99. The van der Waals surface area contributed by atoms with Crippen LogP contribution in [0.1, 0.15) is 89.0 Å². The first-order chi connectivity index (χ1) is 22.2. The molecule has 0 saturated heterocycles. The zero-order valence-corrected chi connectivity index (χ0v) is 28.5. The molecule has 0 aliphatic rings. The summed E-state index contributed by atoms with van der Waals surface area (Å²) in [6.07, 6.45) is 3.94. The van der Waals surface area contributed by atoms with Crippen molar-refractivity contribution in [1.29, 1.82) is 0 Å². The molecule has 0 atom stereocenters. The third-order valence-electron chi connectivity index (χ3n) is 8.01. The molecule has 0 unspecified atom stereocenters. The van der Waals surface area contributed by atoms with Crippen LogP contribution >= 0.6 is 0 Å². The van der Waals surface area contributed by atoms with E-state index in [-0.39, 0.29) is 7.43 Å². The van der Waals surface area contributed by atoms with Gasteiger partial charge in [0.1, 0.15) is 0 Å². The predicted octanol–water partition coefficient (Wildman–Crippen LogP) is 13.2. The summed E-state index contributed by atoms with van der Waals surface area (Å²) in [5.41, 5.74) is 12.3. The molecule has 2 nitrogen and oxygen atoms in total. The molecule has 6 aromatic rings. The molecule has 2 aromatic heterocycles. The Labute approximate surface area is 284 Å². The van der Waals surface area contributed by atoms with Crippen LogP contribution in [0.2, 0.25) is 0 Å². The highest BCUT2D eigenvalue weighted by Gasteiger charge is 2.03. The lowest BCUT2D eigenvalue weighted by molar-refractivity contribution is 0.858. The summed E-state index contributed by atoms with van der Waals surface area (Å²) in [5.74, 6) is 1.69. The second kappa shape index (κ2) is 18.4. The molecule has 0 radical (unpaired) electrons. The first kappa shape index (κ1) is 36.6. The van der Waals surface area contributed by atoms with Crippen molar-refractivity contribution in [3.63, 3.8) is 0 Å². The number of hydrogen-bond donors (Lipinski definition) is 0. The maximum absolute atomic E-state index is 4.50. The third kappa shape index (κ3) is 11.2. The van der Waals surface area contributed by atoms with Gasteiger partial charge in [0.05, 0.1) is 11.4 Å². The molecule has 47 heavy (non-hydrogen) atoms. The summed E-state index contributed by atoms with van der Waals surface area (Å²) in [4.78, 5) is 8.97. The van der Waals surface area contributed by atoms with Gasteiger partial charge in [0.2, 0.25) is 0 Å². The van der Waals surface area contributed by atoms with Gasteiger partial charge in [-0.2, -0.15) is 0 Å². The number of hydrogen-bond acceptors (Lipinski definition) is 2. The van der Waals surface area contributed by atoms with E-state index in [4.69, 9.17) is 0 Å². The van der Waals surface area contributed by atoms with Crippen LogP contribution < -0.4 is 0 Å². The molecule has 2 heteroatoms. The molecule has 0 fully saturated rings. The lowest BCUT2D eigenvalue weighted by Crippen LogP contribution is -1.90. The Hall–Kier alpha value is -4.82. The van der Waals surface area contributed by atoms with Crippen molar-refractivity contribution in [2.24, 2.45) is 0 Å². The second-order valence-electron chi connectivity index (χ2n) is 12.6. The first-order valence-electron chi connectivity index (χ1n) is 16.4. The van der Waals surface area contributed by atoms with Gasteiger partial charge in [0, 0.05) is 23.5 Å². The van der Waals surface area contributed by atoms with E-state index in [0.717, 1.165) is 11.4 Å². The molecule has 0 aliphatic heterocycles. The fraction of sp³-hybridized carbons (Fsp3) is 0.244. The predicted molar refractivity (Wildman–Crippen MR) is 205 cm³/mol. The average molecular weight is 621 g/mol. The quantitative estimate of drug-likeness (QED) is 0.185. The monoisotopic (exact) mass is 620 g/mol. The fourth-order valence-electron chi connectivity index (χ4n) is 4.86. The molecule has 4 aromatic carbocycles. The SMILES string of the molecule is C.CC(C)c1ccc(-c2ccccc2)cc1.CC(C)c1ccc(-c2ccccc2)nc1.Cc1ccc(-c2ccc(C(C)C)cn2)cc1. The summed E-state index contributed by atoms with van der Waals surface area (Å²) < 4.78 is 0. The van der Waals surface area contributed by atoms with Crippen molar-refractivity contribution in [3.05, 3.63) is 168 Å². The van der Waals surface area contributed by atoms with Crippen molar-refractivity contribution in [3.8, 4) is 33.6 Å². The standard InChI is InChI=1S/C15H17N.C15H16.C14H15N.CH4/c1-11(2)14-8-9-15(16-10-14)13-6-4-12(3)5-7-13;1-12(2)13-8-10-15(11-9-13)14-6-4-3-5-7-14;1-11(2)13-8-9-14(15-10-13)12-6-4-3-5-7-12;/h4-11H,1-3H3;3-12H,1-2H3;3-11H,1-2H3;1H4. The highest BCUT2D eigenvalue weighted by Crippen LogP contribution is 2.23. The second-order valence-corrected chi connectivity index (χ2v) is 12.6. The number of aryl methyl sites for hydroxylation is 1. The van der Waals surface area contributed by atoms with Crippen molar-refractivity contribution in [2.45, 2.75) is 73.6 Å². The molecule has 0 amide bonds. The Bertz CT molecular complexity index is 1610.